The van der Waals surface area contributed by atoms with E-state index in [1.54, 1.807) is 0 Å². The zero-order valence-corrected chi connectivity index (χ0v) is 13.4. The number of hydrogen-bond acceptors (Lipinski definition) is 4. The van der Waals surface area contributed by atoms with Gasteiger partial charge in [-0.15, -0.1) is 0 Å². The summed E-state index contributed by atoms with van der Waals surface area (Å²) in [7, 11) is 0. The SMILES string of the molecule is Cc1cc(CC(=O)NCC2CCCN(CC(C)C)C2)on1. The molecule has 21 heavy (non-hydrogen) atoms. The lowest BCUT2D eigenvalue weighted by Gasteiger charge is -2.33. The van der Waals surface area contributed by atoms with Crippen molar-refractivity contribution >= 4 is 5.91 Å². The van der Waals surface area contributed by atoms with Crippen LogP contribution in [0.1, 0.15) is 38.1 Å². The van der Waals surface area contributed by atoms with Crippen LogP contribution < -0.4 is 5.32 Å². The highest BCUT2D eigenvalue weighted by Crippen LogP contribution is 2.16. The van der Waals surface area contributed by atoms with Crippen molar-refractivity contribution in [3.63, 3.8) is 0 Å². The molecule has 1 aromatic heterocycles. The lowest BCUT2D eigenvalue weighted by atomic mass is 9.97. The summed E-state index contributed by atoms with van der Waals surface area (Å²) in [6, 6.07) is 1.81. The first-order valence-corrected chi connectivity index (χ1v) is 7.94. The second-order valence-corrected chi connectivity index (χ2v) is 6.58. The number of piperidine rings is 1. The average molecular weight is 293 g/mol. The number of carbonyl (C=O) groups is 1. The molecule has 118 valence electrons. The Morgan fingerprint density at radius 3 is 3.05 bits per heavy atom. The van der Waals surface area contributed by atoms with E-state index >= 15 is 0 Å². The summed E-state index contributed by atoms with van der Waals surface area (Å²) in [6.07, 6.45) is 2.72. The molecule has 1 aromatic rings. The molecule has 5 heteroatoms. The predicted octanol–water partition coefficient (Wildman–Crippen LogP) is 2.01. The first-order chi connectivity index (χ1) is 10.0. The number of likely N-dealkylation sites (tertiary alicyclic amines) is 1. The molecule has 1 atom stereocenters. The van der Waals surface area contributed by atoms with Crippen molar-refractivity contribution in [3.8, 4) is 0 Å². The number of aryl methyl sites for hydroxylation is 1. The fourth-order valence-corrected chi connectivity index (χ4v) is 2.98. The first kappa shape index (κ1) is 16.0. The second kappa shape index (κ2) is 7.59. The van der Waals surface area contributed by atoms with E-state index in [1.807, 2.05) is 13.0 Å². The molecule has 1 unspecified atom stereocenters. The molecule has 2 rings (SSSR count). The topological polar surface area (TPSA) is 58.4 Å². The molecule has 2 heterocycles. The van der Waals surface area contributed by atoms with E-state index in [9.17, 15) is 4.79 Å². The highest BCUT2D eigenvalue weighted by molar-refractivity contribution is 5.77. The molecule has 1 aliphatic rings. The molecule has 1 amide bonds. The molecule has 0 spiro atoms. The van der Waals surface area contributed by atoms with E-state index in [4.69, 9.17) is 4.52 Å². The first-order valence-electron chi connectivity index (χ1n) is 7.94. The Bertz CT molecular complexity index is 456. The van der Waals surface area contributed by atoms with Crippen molar-refractivity contribution < 1.29 is 9.32 Å². The fraction of sp³-hybridized carbons (Fsp3) is 0.750. The molecule has 1 aliphatic heterocycles. The maximum absolute atomic E-state index is 11.9. The minimum atomic E-state index is 0.0205. The van der Waals surface area contributed by atoms with Gasteiger partial charge >= 0.3 is 0 Å². The van der Waals surface area contributed by atoms with Gasteiger partial charge in [0.05, 0.1) is 12.1 Å². The van der Waals surface area contributed by atoms with E-state index in [2.05, 4.69) is 29.2 Å². The quantitative estimate of drug-likeness (QED) is 0.871. The Morgan fingerprint density at radius 1 is 1.57 bits per heavy atom. The Hall–Kier alpha value is -1.36. The van der Waals surface area contributed by atoms with E-state index in [0.29, 0.717) is 17.6 Å². The zero-order valence-electron chi connectivity index (χ0n) is 13.4. The number of carbonyl (C=O) groups excluding carboxylic acids is 1. The highest BCUT2D eigenvalue weighted by atomic mass is 16.5. The lowest BCUT2D eigenvalue weighted by Crippen LogP contribution is -2.42. The maximum atomic E-state index is 11.9. The molecule has 1 saturated heterocycles. The van der Waals surface area contributed by atoms with Crippen LogP contribution in [0.2, 0.25) is 0 Å². The van der Waals surface area contributed by atoms with E-state index in [-0.39, 0.29) is 12.3 Å². The summed E-state index contributed by atoms with van der Waals surface area (Å²) in [5.41, 5.74) is 0.814. The Balaban J connectivity index is 1.70. The summed E-state index contributed by atoms with van der Waals surface area (Å²) in [5, 5.41) is 6.83. The van der Waals surface area contributed by atoms with Gasteiger partial charge in [0.2, 0.25) is 5.91 Å². The Labute approximate surface area is 127 Å². The molecule has 1 fully saturated rings. The largest absolute Gasteiger partial charge is 0.361 e. The maximum Gasteiger partial charge on any atom is 0.227 e. The third-order valence-corrected chi connectivity index (χ3v) is 3.83. The summed E-state index contributed by atoms with van der Waals surface area (Å²) >= 11 is 0. The number of aromatic nitrogens is 1. The van der Waals surface area contributed by atoms with Crippen LogP contribution in [0.15, 0.2) is 10.6 Å². The van der Waals surface area contributed by atoms with Crippen molar-refractivity contribution in [3.05, 3.63) is 17.5 Å². The average Bonchev–Trinajstić information content (AvgIpc) is 2.81. The third-order valence-electron chi connectivity index (χ3n) is 3.83. The molecule has 0 bridgehead atoms. The van der Waals surface area contributed by atoms with Gasteiger partial charge in [0.25, 0.3) is 0 Å². The van der Waals surface area contributed by atoms with Gasteiger partial charge in [0, 0.05) is 25.7 Å². The molecule has 0 saturated carbocycles. The molecular formula is C16H27N3O2. The molecule has 0 radical (unpaired) electrons. The number of amides is 1. The Kier molecular flexibility index (Phi) is 5.79. The number of nitrogens with zero attached hydrogens (tertiary/aromatic N) is 2. The van der Waals surface area contributed by atoms with E-state index < -0.39 is 0 Å². The minimum Gasteiger partial charge on any atom is -0.361 e. The number of rotatable bonds is 6. The van der Waals surface area contributed by atoms with E-state index in [1.165, 1.54) is 19.4 Å². The van der Waals surface area contributed by atoms with Crippen LogP contribution in [0.3, 0.4) is 0 Å². The van der Waals surface area contributed by atoms with Crippen LogP contribution in [-0.4, -0.2) is 42.1 Å². The van der Waals surface area contributed by atoms with Gasteiger partial charge in [-0.05, 0) is 38.1 Å². The number of nitrogens with one attached hydrogen (secondary N) is 1. The van der Waals surface area contributed by atoms with Gasteiger partial charge in [-0.2, -0.15) is 0 Å². The lowest BCUT2D eigenvalue weighted by molar-refractivity contribution is -0.121. The molecular weight excluding hydrogens is 266 g/mol. The smallest absolute Gasteiger partial charge is 0.227 e. The van der Waals surface area contributed by atoms with Gasteiger partial charge in [0.15, 0.2) is 0 Å². The fourth-order valence-electron chi connectivity index (χ4n) is 2.98. The van der Waals surface area contributed by atoms with Crippen molar-refractivity contribution in [1.29, 1.82) is 0 Å². The minimum absolute atomic E-state index is 0.0205. The summed E-state index contributed by atoms with van der Waals surface area (Å²) < 4.78 is 5.07. The van der Waals surface area contributed by atoms with Gasteiger partial charge in [-0.1, -0.05) is 19.0 Å². The molecule has 0 aromatic carbocycles. The van der Waals surface area contributed by atoms with Crippen LogP contribution in [0.5, 0.6) is 0 Å². The van der Waals surface area contributed by atoms with Gasteiger partial charge < -0.3 is 14.7 Å². The van der Waals surface area contributed by atoms with Gasteiger partial charge in [-0.3, -0.25) is 4.79 Å². The van der Waals surface area contributed by atoms with Crippen LogP contribution in [-0.2, 0) is 11.2 Å². The summed E-state index contributed by atoms with van der Waals surface area (Å²) in [4.78, 5) is 14.4. The van der Waals surface area contributed by atoms with Crippen molar-refractivity contribution in [2.24, 2.45) is 11.8 Å². The molecule has 0 aliphatic carbocycles. The van der Waals surface area contributed by atoms with Crippen LogP contribution >= 0.6 is 0 Å². The van der Waals surface area contributed by atoms with Crippen LogP contribution in [0, 0.1) is 18.8 Å². The third kappa shape index (κ3) is 5.50. The standard InChI is InChI=1S/C16H27N3O2/c1-12(2)10-19-6-4-5-14(11-19)9-17-16(20)8-15-7-13(3)18-21-15/h7,12,14H,4-6,8-11H2,1-3H3,(H,17,20). The zero-order chi connectivity index (χ0) is 15.2. The van der Waals surface area contributed by atoms with Gasteiger partial charge in [-0.25, -0.2) is 0 Å². The molecule has 1 N–H and O–H groups in total. The second-order valence-electron chi connectivity index (χ2n) is 6.58. The monoisotopic (exact) mass is 293 g/mol. The summed E-state index contributed by atoms with van der Waals surface area (Å²) in [5.74, 6) is 1.92. The normalized spacial score (nSPS) is 19.9. The van der Waals surface area contributed by atoms with Gasteiger partial charge in [0.1, 0.15) is 5.76 Å². The number of hydrogen-bond donors (Lipinski definition) is 1. The van der Waals surface area contributed by atoms with Crippen molar-refractivity contribution in [1.82, 2.24) is 15.4 Å². The van der Waals surface area contributed by atoms with Crippen LogP contribution in [0.4, 0.5) is 0 Å². The highest BCUT2D eigenvalue weighted by Gasteiger charge is 2.21. The Morgan fingerprint density at radius 2 is 2.38 bits per heavy atom. The molecule has 5 nitrogen and oxygen atoms in total. The van der Waals surface area contributed by atoms with Crippen molar-refractivity contribution in [2.75, 3.05) is 26.2 Å². The summed E-state index contributed by atoms with van der Waals surface area (Å²) in [6.45, 7) is 10.6. The van der Waals surface area contributed by atoms with Crippen molar-refractivity contribution in [2.45, 2.75) is 40.0 Å². The van der Waals surface area contributed by atoms with Crippen LogP contribution in [0.25, 0.3) is 0 Å². The van der Waals surface area contributed by atoms with E-state index in [0.717, 1.165) is 25.3 Å². The predicted molar refractivity (Wildman–Crippen MR) is 82.0 cm³/mol.